The summed E-state index contributed by atoms with van der Waals surface area (Å²) in [7, 11) is 0. The lowest BCUT2D eigenvalue weighted by molar-refractivity contribution is -0.118. The number of primary amides is 1. The number of benzene rings is 1. The summed E-state index contributed by atoms with van der Waals surface area (Å²) < 4.78 is 5.21. The molecule has 0 radical (unpaired) electrons. The van der Waals surface area contributed by atoms with Gasteiger partial charge in [-0.25, -0.2) is 0 Å². The van der Waals surface area contributed by atoms with Gasteiger partial charge in [-0.3, -0.25) is 4.79 Å². The van der Waals surface area contributed by atoms with Crippen LogP contribution in [0.1, 0.15) is 5.56 Å². The third-order valence-electron chi connectivity index (χ3n) is 1.68. The van der Waals surface area contributed by atoms with E-state index in [-0.39, 0.29) is 6.61 Å². The molecule has 1 unspecified atom stereocenters. The molecule has 0 saturated heterocycles. The largest absolute Gasteiger partial charge is 0.375 e. The third-order valence-corrected chi connectivity index (χ3v) is 2.03. The molecular formula is C10H12ClNO2. The normalized spacial score (nSPS) is 12.4. The standard InChI is InChI=1S/C10H12ClNO2/c11-9(10(12)13)7-14-6-8-4-2-1-3-5-8/h1-5,9H,6-7H2,(H2,12,13). The number of hydrogen-bond donors (Lipinski definition) is 1. The molecule has 0 bridgehead atoms. The highest BCUT2D eigenvalue weighted by Crippen LogP contribution is 2.02. The van der Waals surface area contributed by atoms with Gasteiger partial charge in [-0.1, -0.05) is 30.3 Å². The molecule has 2 N–H and O–H groups in total. The summed E-state index contributed by atoms with van der Waals surface area (Å²) in [6.45, 7) is 0.586. The number of carbonyl (C=O) groups excluding carboxylic acids is 1. The minimum absolute atomic E-state index is 0.145. The lowest BCUT2D eigenvalue weighted by Crippen LogP contribution is -2.27. The van der Waals surface area contributed by atoms with Gasteiger partial charge in [0.25, 0.3) is 0 Å². The van der Waals surface area contributed by atoms with Crippen LogP contribution in [0.15, 0.2) is 30.3 Å². The number of halogens is 1. The van der Waals surface area contributed by atoms with Gasteiger partial charge in [-0.15, -0.1) is 11.6 Å². The molecule has 1 aromatic carbocycles. The third kappa shape index (κ3) is 3.77. The molecular weight excluding hydrogens is 202 g/mol. The number of rotatable bonds is 5. The van der Waals surface area contributed by atoms with Crippen molar-refractivity contribution in [1.29, 1.82) is 0 Å². The average Bonchev–Trinajstić information content (AvgIpc) is 2.19. The fraction of sp³-hybridized carbons (Fsp3) is 0.300. The van der Waals surface area contributed by atoms with Crippen molar-refractivity contribution >= 4 is 17.5 Å². The average molecular weight is 214 g/mol. The van der Waals surface area contributed by atoms with Crippen molar-refractivity contribution in [1.82, 2.24) is 0 Å². The monoisotopic (exact) mass is 213 g/mol. The molecule has 0 aromatic heterocycles. The van der Waals surface area contributed by atoms with Crippen LogP contribution in [-0.4, -0.2) is 17.9 Å². The number of nitrogens with two attached hydrogens (primary N) is 1. The number of hydrogen-bond acceptors (Lipinski definition) is 2. The van der Waals surface area contributed by atoms with Gasteiger partial charge in [-0.2, -0.15) is 0 Å². The number of ether oxygens (including phenoxy) is 1. The van der Waals surface area contributed by atoms with E-state index in [4.69, 9.17) is 22.1 Å². The van der Waals surface area contributed by atoms with E-state index in [9.17, 15) is 4.79 Å². The molecule has 0 aliphatic carbocycles. The molecule has 1 amide bonds. The van der Waals surface area contributed by atoms with E-state index in [0.29, 0.717) is 6.61 Å². The van der Waals surface area contributed by atoms with Crippen LogP contribution in [0.4, 0.5) is 0 Å². The SMILES string of the molecule is NC(=O)C(Cl)COCc1ccccc1. The lowest BCUT2D eigenvalue weighted by atomic mass is 10.2. The maximum absolute atomic E-state index is 10.6. The summed E-state index contributed by atoms with van der Waals surface area (Å²) in [5.74, 6) is -0.556. The molecule has 0 aliphatic rings. The summed E-state index contributed by atoms with van der Waals surface area (Å²) in [6.07, 6.45) is 0. The van der Waals surface area contributed by atoms with Gasteiger partial charge >= 0.3 is 0 Å². The molecule has 1 aromatic rings. The molecule has 1 atom stereocenters. The first-order chi connectivity index (χ1) is 6.70. The molecule has 0 spiro atoms. The second kappa shape index (κ2) is 5.62. The van der Waals surface area contributed by atoms with E-state index in [1.54, 1.807) is 0 Å². The summed E-state index contributed by atoms with van der Waals surface area (Å²) in [4.78, 5) is 10.6. The Morgan fingerprint density at radius 2 is 2.07 bits per heavy atom. The Balaban J connectivity index is 2.26. The van der Waals surface area contributed by atoms with Crippen LogP contribution in [0.25, 0.3) is 0 Å². The van der Waals surface area contributed by atoms with E-state index in [2.05, 4.69) is 0 Å². The quantitative estimate of drug-likeness (QED) is 0.750. The van der Waals surface area contributed by atoms with Crippen molar-refractivity contribution in [3.05, 3.63) is 35.9 Å². The van der Waals surface area contributed by atoms with Crippen LogP contribution in [0.2, 0.25) is 0 Å². The van der Waals surface area contributed by atoms with E-state index in [1.807, 2.05) is 30.3 Å². The van der Waals surface area contributed by atoms with E-state index < -0.39 is 11.3 Å². The van der Waals surface area contributed by atoms with Crippen molar-refractivity contribution in [2.45, 2.75) is 12.0 Å². The topological polar surface area (TPSA) is 52.3 Å². The predicted molar refractivity (Wildman–Crippen MR) is 54.9 cm³/mol. The maximum atomic E-state index is 10.6. The first kappa shape index (κ1) is 11.0. The zero-order valence-corrected chi connectivity index (χ0v) is 8.41. The smallest absolute Gasteiger partial charge is 0.237 e. The molecule has 1 rings (SSSR count). The van der Waals surface area contributed by atoms with Gasteiger partial charge in [-0.05, 0) is 5.56 Å². The molecule has 0 saturated carbocycles. The van der Waals surface area contributed by atoms with Crippen LogP contribution < -0.4 is 5.73 Å². The Morgan fingerprint density at radius 1 is 1.43 bits per heavy atom. The molecule has 4 heteroatoms. The summed E-state index contributed by atoms with van der Waals surface area (Å²) in [6, 6.07) is 9.65. The van der Waals surface area contributed by atoms with Crippen LogP contribution in [-0.2, 0) is 16.1 Å². The van der Waals surface area contributed by atoms with Gasteiger partial charge in [0.2, 0.25) is 5.91 Å². The predicted octanol–water partition coefficient (Wildman–Crippen LogP) is 1.30. The number of amides is 1. The van der Waals surface area contributed by atoms with Crippen molar-refractivity contribution in [2.75, 3.05) is 6.61 Å². The second-order valence-corrected chi connectivity index (χ2v) is 3.40. The highest BCUT2D eigenvalue weighted by atomic mass is 35.5. The Kier molecular flexibility index (Phi) is 4.43. The minimum Gasteiger partial charge on any atom is -0.375 e. The number of alkyl halides is 1. The van der Waals surface area contributed by atoms with Crippen molar-refractivity contribution < 1.29 is 9.53 Å². The zero-order valence-electron chi connectivity index (χ0n) is 7.65. The highest BCUT2D eigenvalue weighted by molar-refractivity contribution is 6.30. The van der Waals surface area contributed by atoms with Gasteiger partial charge in [0.1, 0.15) is 5.38 Å². The fourth-order valence-electron chi connectivity index (χ4n) is 0.937. The molecule has 0 fully saturated rings. The molecule has 0 heterocycles. The van der Waals surface area contributed by atoms with Crippen LogP contribution in [0, 0.1) is 0 Å². The molecule has 0 aliphatic heterocycles. The molecule has 3 nitrogen and oxygen atoms in total. The fourth-order valence-corrected chi connectivity index (χ4v) is 1.03. The van der Waals surface area contributed by atoms with Crippen LogP contribution in [0.5, 0.6) is 0 Å². The minimum atomic E-state index is -0.751. The van der Waals surface area contributed by atoms with Gasteiger partial charge in [0.15, 0.2) is 0 Å². The highest BCUT2D eigenvalue weighted by Gasteiger charge is 2.10. The lowest BCUT2D eigenvalue weighted by Gasteiger charge is -2.06. The Bertz CT molecular complexity index is 289. The molecule has 14 heavy (non-hydrogen) atoms. The van der Waals surface area contributed by atoms with E-state index in [1.165, 1.54) is 0 Å². The van der Waals surface area contributed by atoms with Crippen molar-refractivity contribution in [3.8, 4) is 0 Å². The second-order valence-electron chi connectivity index (χ2n) is 2.87. The molecule has 76 valence electrons. The summed E-state index contributed by atoms with van der Waals surface area (Å²) in [5, 5.41) is -0.751. The van der Waals surface area contributed by atoms with Gasteiger partial charge < -0.3 is 10.5 Å². The van der Waals surface area contributed by atoms with Crippen LogP contribution in [0.3, 0.4) is 0 Å². The number of carbonyl (C=O) groups is 1. The Hall–Kier alpha value is -1.06. The van der Waals surface area contributed by atoms with Gasteiger partial charge in [0, 0.05) is 0 Å². The first-order valence-corrected chi connectivity index (χ1v) is 4.69. The zero-order chi connectivity index (χ0) is 10.4. The van der Waals surface area contributed by atoms with Gasteiger partial charge in [0.05, 0.1) is 13.2 Å². The summed E-state index contributed by atoms with van der Waals surface area (Å²) >= 11 is 5.58. The van der Waals surface area contributed by atoms with E-state index in [0.717, 1.165) is 5.56 Å². The Morgan fingerprint density at radius 3 is 2.64 bits per heavy atom. The maximum Gasteiger partial charge on any atom is 0.237 e. The van der Waals surface area contributed by atoms with Crippen LogP contribution >= 0.6 is 11.6 Å². The Labute approximate surface area is 87.8 Å². The van der Waals surface area contributed by atoms with E-state index >= 15 is 0 Å². The summed E-state index contributed by atoms with van der Waals surface area (Å²) in [5.41, 5.74) is 6.01. The first-order valence-electron chi connectivity index (χ1n) is 4.25. The van der Waals surface area contributed by atoms with Crippen molar-refractivity contribution in [3.63, 3.8) is 0 Å². The van der Waals surface area contributed by atoms with Crippen molar-refractivity contribution in [2.24, 2.45) is 5.73 Å².